The van der Waals surface area contributed by atoms with Gasteiger partial charge in [-0.15, -0.1) is 0 Å². The Kier molecular flexibility index (Phi) is 43.1. The van der Waals surface area contributed by atoms with Crippen LogP contribution in [-0.4, -0.2) is 46.9 Å². The molecule has 3 N–H and O–H groups in total. The molecular formula is C50H95NO5. The SMILES string of the molecule is CCCCC/C=C\CCCCCCCC(=O)OC(CCC/C=C\CCCCCCCC)CC(=O)NC(CO)C(O)CCCCCCCCCCCCCCCC. The zero-order chi connectivity index (χ0) is 41.0. The minimum atomic E-state index is -0.791. The Labute approximate surface area is 348 Å². The standard InChI is InChI=1S/C50H95NO5/c1-4-7-10-13-16-19-22-24-25-27-30-33-36-39-42-48(53)47(45-52)51-49(54)44-46(41-38-35-32-29-26-21-18-15-12-9-6-3)56-50(55)43-40-37-34-31-28-23-20-17-14-11-8-5-2/h17,20,29,32,46-48,52-53H,4-16,18-19,21-28,30-31,33-45H2,1-3H3,(H,51,54)/b20-17-,32-29-. The molecule has 0 aliphatic rings. The zero-order valence-electron chi connectivity index (χ0n) is 37.5. The molecule has 0 aromatic heterocycles. The Morgan fingerprint density at radius 2 is 0.875 bits per heavy atom. The fraction of sp³-hybridized carbons (Fsp3) is 0.880. The molecule has 330 valence electrons. The number of nitrogens with one attached hydrogen (secondary N) is 1. The Bertz CT molecular complexity index is 889. The van der Waals surface area contributed by atoms with Gasteiger partial charge in [-0.05, 0) is 70.6 Å². The molecule has 6 nitrogen and oxygen atoms in total. The molecule has 0 bridgehead atoms. The average molecular weight is 790 g/mol. The van der Waals surface area contributed by atoms with Crippen LogP contribution in [0.1, 0.15) is 258 Å². The summed E-state index contributed by atoms with van der Waals surface area (Å²) in [5, 5.41) is 23.7. The van der Waals surface area contributed by atoms with Crippen LogP contribution in [0.4, 0.5) is 0 Å². The molecule has 0 spiro atoms. The minimum Gasteiger partial charge on any atom is -0.462 e. The molecule has 0 rings (SSSR count). The third-order valence-electron chi connectivity index (χ3n) is 11.3. The van der Waals surface area contributed by atoms with Crippen LogP contribution in [-0.2, 0) is 14.3 Å². The van der Waals surface area contributed by atoms with Crippen molar-refractivity contribution in [2.24, 2.45) is 0 Å². The van der Waals surface area contributed by atoms with Crippen molar-refractivity contribution in [1.29, 1.82) is 0 Å². The molecule has 3 unspecified atom stereocenters. The van der Waals surface area contributed by atoms with Crippen molar-refractivity contribution in [2.45, 2.75) is 277 Å². The normalized spacial score (nSPS) is 13.4. The molecule has 3 atom stereocenters. The number of aliphatic hydroxyl groups is 2. The van der Waals surface area contributed by atoms with Crippen LogP contribution in [0.2, 0.25) is 0 Å². The molecule has 0 heterocycles. The molecule has 0 aliphatic carbocycles. The first-order chi connectivity index (χ1) is 27.5. The molecular weight excluding hydrogens is 695 g/mol. The van der Waals surface area contributed by atoms with Crippen LogP contribution >= 0.6 is 0 Å². The van der Waals surface area contributed by atoms with Gasteiger partial charge < -0.3 is 20.3 Å². The predicted octanol–water partition coefficient (Wildman–Crippen LogP) is 14.3. The van der Waals surface area contributed by atoms with Crippen LogP contribution in [0, 0.1) is 0 Å². The number of ether oxygens (including phenoxy) is 1. The molecule has 0 saturated carbocycles. The monoisotopic (exact) mass is 790 g/mol. The first-order valence-electron chi connectivity index (χ1n) is 24.6. The number of allylic oxidation sites excluding steroid dienone is 4. The van der Waals surface area contributed by atoms with E-state index < -0.39 is 18.2 Å². The van der Waals surface area contributed by atoms with E-state index in [0.717, 1.165) is 64.2 Å². The van der Waals surface area contributed by atoms with Gasteiger partial charge in [0.2, 0.25) is 5.91 Å². The molecule has 0 aromatic carbocycles. The zero-order valence-corrected chi connectivity index (χ0v) is 37.5. The summed E-state index contributed by atoms with van der Waals surface area (Å²) in [6.07, 6.45) is 49.5. The highest BCUT2D eigenvalue weighted by Gasteiger charge is 2.24. The summed E-state index contributed by atoms with van der Waals surface area (Å²) in [4.78, 5) is 26.0. The lowest BCUT2D eigenvalue weighted by atomic mass is 10.0. The number of hydrogen-bond donors (Lipinski definition) is 3. The van der Waals surface area contributed by atoms with Crippen LogP contribution in [0.15, 0.2) is 24.3 Å². The van der Waals surface area contributed by atoms with Crippen molar-refractivity contribution in [2.75, 3.05) is 6.61 Å². The van der Waals surface area contributed by atoms with E-state index in [1.807, 2.05) is 0 Å². The lowest BCUT2D eigenvalue weighted by Crippen LogP contribution is -2.46. The number of unbranched alkanes of at least 4 members (excludes halogenated alkanes) is 28. The maximum absolute atomic E-state index is 13.1. The number of carbonyl (C=O) groups excluding carboxylic acids is 2. The van der Waals surface area contributed by atoms with Gasteiger partial charge in [0.1, 0.15) is 6.10 Å². The molecule has 0 aromatic rings. The first-order valence-corrected chi connectivity index (χ1v) is 24.6. The number of esters is 1. The molecule has 0 aliphatic heterocycles. The maximum Gasteiger partial charge on any atom is 0.306 e. The van der Waals surface area contributed by atoms with Crippen molar-refractivity contribution < 1.29 is 24.5 Å². The van der Waals surface area contributed by atoms with E-state index in [2.05, 4.69) is 50.4 Å². The second-order valence-electron chi connectivity index (χ2n) is 16.9. The third-order valence-corrected chi connectivity index (χ3v) is 11.3. The Balaban J connectivity index is 4.55. The number of amides is 1. The van der Waals surface area contributed by atoms with Gasteiger partial charge in [-0.25, -0.2) is 0 Å². The molecule has 0 saturated heterocycles. The van der Waals surface area contributed by atoms with Gasteiger partial charge >= 0.3 is 5.97 Å². The quantitative estimate of drug-likeness (QED) is 0.0324. The fourth-order valence-corrected chi connectivity index (χ4v) is 7.48. The summed E-state index contributed by atoms with van der Waals surface area (Å²) in [5.74, 6) is -0.507. The topological polar surface area (TPSA) is 95.9 Å². The summed E-state index contributed by atoms with van der Waals surface area (Å²) in [5.41, 5.74) is 0. The van der Waals surface area contributed by atoms with Crippen molar-refractivity contribution >= 4 is 11.9 Å². The number of aliphatic hydroxyl groups excluding tert-OH is 2. The van der Waals surface area contributed by atoms with Crippen LogP contribution in [0.3, 0.4) is 0 Å². The molecule has 0 fully saturated rings. The van der Waals surface area contributed by atoms with Crippen LogP contribution < -0.4 is 5.32 Å². The fourth-order valence-electron chi connectivity index (χ4n) is 7.48. The van der Waals surface area contributed by atoms with Crippen molar-refractivity contribution in [3.8, 4) is 0 Å². The predicted molar refractivity (Wildman–Crippen MR) is 241 cm³/mol. The Morgan fingerprint density at radius 1 is 0.500 bits per heavy atom. The van der Waals surface area contributed by atoms with E-state index in [1.165, 1.54) is 148 Å². The summed E-state index contributed by atoms with van der Waals surface area (Å²) in [6, 6.07) is -0.706. The first kappa shape index (κ1) is 54.3. The average Bonchev–Trinajstić information content (AvgIpc) is 3.19. The molecule has 1 amide bonds. The van der Waals surface area contributed by atoms with Gasteiger partial charge in [-0.3, -0.25) is 9.59 Å². The van der Waals surface area contributed by atoms with E-state index in [0.29, 0.717) is 19.3 Å². The number of carbonyl (C=O) groups is 2. The summed E-state index contributed by atoms with van der Waals surface area (Å²) in [7, 11) is 0. The van der Waals surface area contributed by atoms with Crippen molar-refractivity contribution in [3.05, 3.63) is 24.3 Å². The van der Waals surface area contributed by atoms with Gasteiger partial charge in [0, 0.05) is 6.42 Å². The van der Waals surface area contributed by atoms with Gasteiger partial charge in [0.25, 0.3) is 0 Å². The summed E-state index contributed by atoms with van der Waals surface area (Å²) < 4.78 is 5.89. The lowest BCUT2D eigenvalue weighted by Gasteiger charge is -2.24. The summed E-state index contributed by atoms with van der Waals surface area (Å²) in [6.45, 7) is 6.44. The highest BCUT2D eigenvalue weighted by atomic mass is 16.5. The van der Waals surface area contributed by atoms with Gasteiger partial charge in [-0.2, -0.15) is 0 Å². The smallest absolute Gasteiger partial charge is 0.306 e. The van der Waals surface area contributed by atoms with Gasteiger partial charge in [-0.1, -0.05) is 199 Å². The van der Waals surface area contributed by atoms with Gasteiger partial charge in [0.05, 0.1) is 25.2 Å². The highest BCUT2D eigenvalue weighted by molar-refractivity contribution is 5.77. The Morgan fingerprint density at radius 3 is 1.34 bits per heavy atom. The van der Waals surface area contributed by atoms with Crippen molar-refractivity contribution in [3.63, 3.8) is 0 Å². The third kappa shape index (κ3) is 39.2. The Hall–Kier alpha value is -1.66. The second-order valence-corrected chi connectivity index (χ2v) is 16.9. The largest absolute Gasteiger partial charge is 0.462 e. The maximum atomic E-state index is 13.1. The van der Waals surface area contributed by atoms with Gasteiger partial charge in [0.15, 0.2) is 0 Å². The molecule has 6 heteroatoms. The highest BCUT2D eigenvalue weighted by Crippen LogP contribution is 2.17. The number of hydrogen-bond acceptors (Lipinski definition) is 5. The molecule has 0 radical (unpaired) electrons. The van der Waals surface area contributed by atoms with Crippen LogP contribution in [0.25, 0.3) is 0 Å². The van der Waals surface area contributed by atoms with Crippen molar-refractivity contribution in [1.82, 2.24) is 5.32 Å². The van der Waals surface area contributed by atoms with E-state index in [4.69, 9.17) is 4.74 Å². The van der Waals surface area contributed by atoms with E-state index in [9.17, 15) is 19.8 Å². The second kappa shape index (κ2) is 44.4. The molecule has 56 heavy (non-hydrogen) atoms. The minimum absolute atomic E-state index is 0.0568. The van der Waals surface area contributed by atoms with Crippen LogP contribution in [0.5, 0.6) is 0 Å². The van der Waals surface area contributed by atoms with E-state index in [1.54, 1.807) is 0 Å². The number of rotatable bonds is 44. The van der Waals surface area contributed by atoms with E-state index in [-0.39, 0.29) is 24.9 Å². The van der Waals surface area contributed by atoms with E-state index >= 15 is 0 Å². The summed E-state index contributed by atoms with van der Waals surface area (Å²) >= 11 is 0. The lowest BCUT2D eigenvalue weighted by molar-refractivity contribution is -0.151.